The van der Waals surface area contributed by atoms with Gasteiger partial charge in [0.1, 0.15) is 5.75 Å². The molecule has 0 saturated heterocycles. The maximum Gasteiger partial charge on any atom is 0.347 e. The first-order valence-electron chi connectivity index (χ1n) is 11.0. The lowest BCUT2D eigenvalue weighted by Crippen LogP contribution is -2.37. The summed E-state index contributed by atoms with van der Waals surface area (Å²) in [5.41, 5.74) is 1.37. The van der Waals surface area contributed by atoms with Crippen LogP contribution >= 0.6 is 0 Å². The van der Waals surface area contributed by atoms with Gasteiger partial charge in [0.05, 0.1) is 0 Å². The standard InChI is InChI=1S/C27H30N2O4/c1-19(2)17-21-10-12-22(13-11-21)24(30)25-28-14-16-29(25)15-6-8-20-7-5-9-23(18-20)33-27(3,4)26(31)32/h5-14,16,18-19H,15,17H2,1-4H3,(H,31,32)/b8-6+. The molecule has 172 valence electrons. The van der Waals surface area contributed by atoms with Gasteiger partial charge in [0.2, 0.25) is 5.78 Å². The predicted octanol–water partition coefficient (Wildman–Crippen LogP) is 5.27. The SMILES string of the molecule is CC(C)Cc1ccc(C(=O)c2nccn2C/C=C/c2cccc(OC(C)(C)C(=O)O)c2)cc1. The number of ketones is 1. The summed E-state index contributed by atoms with van der Waals surface area (Å²) in [6.45, 7) is 7.83. The first kappa shape index (κ1) is 24.0. The number of carboxylic acids is 1. The Hall–Kier alpha value is -3.67. The quantitative estimate of drug-likeness (QED) is 0.429. The van der Waals surface area contributed by atoms with Gasteiger partial charge in [-0.15, -0.1) is 0 Å². The van der Waals surface area contributed by atoms with Crippen molar-refractivity contribution < 1.29 is 19.4 Å². The second-order valence-electron chi connectivity index (χ2n) is 8.92. The van der Waals surface area contributed by atoms with Gasteiger partial charge in [0.15, 0.2) is 11.4 Å². The van der Waals surface area contributed by atoms with Crippen molar-refractivity contribution in [3.63, 3.8) is 0 Å². The van der Waals surface area contributed by atoms with Crippen molar-refractivity contribution in [2.75, 3.05) is 0 Å². The van der Waals surface area contributed by atoms with Crippen LogP contribution < -0.4 is 4.74 Å². The van der Waals surface area contributed by atoms with Crippen molar-refractivity contribution in [3.8, 4) is 5.75 Å². The molecule has 0 aliphatic carbocycles. The highest BCUT2D eigenvalue weighted by atomic mass is 16.5. The number of rotatable bonds is 10. The van der Waals surface area contributed by atoms with Crippen LogP contribution in [0.3, 0.4) is 0 Å². The van der Waals surface area contributed by atoms with E-state index in [-0.39, 0.29) is 5.78 Å². The molecule has 6 nitrogen and oxygen atoms in total. The van der Waals surface area contributed by atoms with E-state index in [0.29, 0.717) is 29.6 Å². The van der Waals surface area contributed by atoms with Gasteiger partial charge in [-0.05, 0) is 49.4 Å². The molecule has 0 bridgehead atoms. The molecule has 3 aromatic rings. The third-order valence-electron chi connectivity index (χ3n) is 5.14. The first-order chi connectivity index (χ1) is 15.7. The van der Waals surface area contributed by atoms with Crippen LogP contribution in [0, 0.1) is 5.92 Å². The van der Waals surface area contributed by atoms with Crippen LogP contribution in [-0.4, -0.2) is 32.0 Å². The zero-order valence-electron chi connectivity index (χ0n) is 19.5. The number of aliphatic carboxylic acids is 1. The number of carboxylic acid groups (broad SMARTS) is 1. The summed E-state index contributed by atoms with van der Waals surface area (Å²) < 4.78 is 7.39. The fourth-order valence-electron chi connectivity index (χ4n) is 3.38. The number of nitrogens with zero attached hydrogens (tertiary/aromatic N) is 2. The minimum Gasteiger partial charge on any atom is -0.478 e. The van der Waals surface area contributed by atoms with E-state index in [1.54, 1.807) is 29.1 Å². The van der Waals surface area contributed by atoms with Crippen molar-refractivity contribution in [2.24, 2.45) is 5.92 Å². The second-order valence-corrected chi connectivity index (χ2v) is 8.92. The summed E-state index contributed by atoms with van der Waals surface area (Å²) in [5.74, 6) is 0.278. The molecule has 1 aromatic heterocycles. The van der Waals surface area contributed by atoms with Crippen LogP contribution in [0.2, 0.25) is 0 Å². The molecule has 3 rings (SSSR count). The Bertz CT molecular complexity index is 1140. The van der Waals surface area contributed by atoms with Crippen molar-refractivity contribution in [1.29, 1.82) is 0 Å². The van der Waals surface area contributed by atoms with E-state index in [4.69, 9.17) is 4.74 Å². The molecule has 0 atom stereocenters. The zero-order valence-corrected chi connectivity index (χ0v) is 19.5. The van der Waals surface area contributed by atoms with Gasteiger partial charge < -0.3 is 14.4 Å². The molecular formula is C27H30N2O4. The van der Waals surface area contributed by atoms with Crippen LogP contribution in [0.15, 0.2) is 67.0 Å². The fraction of sp³-hybridized carbons (Fsp3) is 0.296. The molecule has 2 aromatic carbocycles. The summed E-state index contributed by atoms with van der Waals surface area (Å²) in [6.07, 6.45) is 8.20. The Balaban J connectivity index is 1.68. The van der Waals surface area contributed by atoms with Gasteiger partial charge in [-0.2, -0.15) is 0 Å². The third-order valence-corrected chi connectivity index (χ3v) is 5.14. The highest BCUT2D eigenvalue weighted by Gasteiger charge is 2.29. The number of carbonyl (C=O) groups is 2. The lowest BCUT2D eigenvalue weighted by molar-refractivity contribution is -0.152. The highest BCUT2D eigenvalue weighted by Crippen LogP contribution is 2.21. The number of allylic oxidation sites excluding steroid dienone is 1. The Kier molecular flexibility index (Phi) is 7.48. The van der Waals surface area contributed by atoms with Gasteiger partial charge in [0.25, 0.3) is 0 Å². The average Bonchev–Trinajstić information content (AvgIpc) is 3.22. The first-order valence-corrected chi connectivity index (χ1v) is 11.0. The van der Waals surface area contributed by atoms with E-state index in [1.807, 2.05) is 48.6 Å². The molecule has 0 fully saturated rings. The van der Waals surface area contributed by atoms with Gasteiger partial charge in [-0.1, -0.05) is 62.4 Å². The molecule has 0 aliphatic heterocycles. The fourth-order valence-corrected chi connectivity index (χ4v) is 3.38. The molecule has 1 N–H and O–H groups in total. The smallest absolute Gasteiger partial charge is 0.347 e. The Morgan fingerprint density at radius 3 is 2.55 bits per heavy atom. The predicted molar refractivity (Wildman–Crippen MR) is 128 cm³/mol. The van der Waals surface area contributed by atoms with Gasteiger partial charge in [-0.3, -0.25) is 4.79 Å². The van der Waals surface area contributed by atoms with Crippen molar-refractivity contribution >= 4 is 17.8 Å². The summed E-state index contributed by atoms with van der Waals surface area (Å²) in [7, 11) is 0. The molecule has 0 radical (unpaired) electrons. The minimum atomic E-state index is -1.32. The Morgan fingerprint density at radius 2 is 1.88 bits per heavy atom. The van der Waals surface area contributed by atoms with Gasteiger partial charge in [-0.25, -0.2) is 9.78 Å². The van der Waals surface area contributed by atoms with E-state index in [9.17, 15) is 14.7 Å². The molecule has 0 aliphatic rings. The van der Waals surface area contributed by atoms with Crippen LogP contribution in [0.1, 0.15) is 55.0 Å². The van der Waals surface area contributed by atoms with Crippen LogP contribution in [0.25, 0.3) is 6.08 Å². The van der Waals surface area contributed by atoms with E-state index in [1.165, 1.54) is 19.4 Å². The van der Waals surface area contributed by atoms with E-state index >= 15 is 0 Å². The number of ether oxygens (including phenoxy) is 1. The maximum atomic E-state index is 13.0. The number of hydrogen-bond acceptors (Lipinski definition) is 4. The number of aromatic nitrogens is 2. The molecule has 0 unspecified atom stereocenters. The topological polar surface area (TPSA) is 81.4 Å². The Morgan fingerprint density at radius 1 is 1.15 bits per heavy atom. The minimum absolute atomic E-state index is 0.115. The lowest BCUT2D eigenvalue weighted by atomic mass is 10.0. The average molecular weight is 447 g/mol. The van der Waals surface area contributed by atoms with E-state index < -0.39 is 11.6 Å². The van der Waals surface area contributed by atoms with E-state index in [0.717, 1.165) is 12.0 Å². The summed E-state index contributed by atoms with van der Waals surface area (Å²) in [6, 6.07) is 14.9. The number of hydrogen-bond donors (Lipinski definition) is 1. The van der Waals surface area contributed by atoms with Crippen molar-refractivity contribution in [1.82, 2.24) is 9.55 Å². The molecule has 0 spiro atoms. The normalized spacial score (nSPS) is 11.8. The highest BCUT2D eigenvalue weighted by molar-refractivity contribution is 6.06. The molecule has 1 heterocycles. The van der Waals surface area contributed by atoms with Gasteiger partial charge in [0, 0.05) is 24.5 Å². The lowest BCUT2D eigenvalue weighted by Gasteiger charge is -2.21. The van der Waals surface area contributed by atoms with Crippen molar-refractivity contribution in [2.45, 2.75) is 46.3 Å². The number of imidazole rings is 1. The van der Waals surface area contributed by atoms with Crippen LogP contribution in [0.4, 0.5) is 0 Å². The number of carbonyl (C=O) groups excluding carboxylic acids is 1. The maximum absolute atomic E-state index is 13.0. The van der Waals surface area contributed by atoms with Gasteiger partial charge >= 0.3 is 5.97 Å². The molecule has 0 amide bonds. The third kappa shape index (κ3) is 6.42. The summed E-state index contributed by atoms with van der Waals surface area (Å²) in [5, 5.41) is 9.24. The van der Waals surface area contributed by atoms with Crippen LogP contribution in [-0.2, 0) is 17.8 Å². The number of benzene rings is 2. The van der Waals surface area contributed by atoms with Crippen molar-refractivity contribution in [3.05, 3.63) is 89.5 Å². The largest absolute Gasteiger partial charge is 0.478 e. The molecule has 6 heteroatoms. The zero-order chi connectivity index (χ0) is 24.0. The monoisotopic (exact) mass is 446 g/mol. The van der Waals surface area contributed by atoms with E-state index in [2.05, 4.69) is 18.8 Å². The Labute approximate surface area is 194 Å². The summed E-state index contributed by atoms with van der Waals surface area (Å²) in [4.78, 5) is 28.5. The molecule has 33 heavy (non-hydrogen) atoms. The molecule has 0 saturated carbocycles. The van der Waals surface area contributed by atoms with Crippen LogP contribution in [0.5, 0.6) is 5.75 Å². The molecular weight excluding hydrogens is 416 g/mol. The summed E-state index contributed by atoms with van der Waals surface area (Å²) >= 11 is 0. The second kappa shape index (κ2) is 10.3.